The van der Waals surface area contributed by atoms with Crippen LogP contribution in [0, 0.1) is 12.7 Å². The van der Waals surface area contributed by atoms with Crippen LogP contribution in [0.1, 0.15) is 42.6 Å². The molecule has 0 saturated carbocycles. The highest BCUT2D eigenvalue weighted by Crippen LogP contribution is 2.30. The molecular formula is C19H25FN4O4. The highest BCUT2D eigenvalue weighted by Gasteiger charge is 2.31. The first-order chi connectivity index (χ1) is 13.6. The number of piperidine rings is 1. The number of nitrogens with one attached hydrogen (secondary N) is 1. The molecule has 8 nitrogen and oxygen atoms in total. The summed E-state index contributed by atoms with van der Waals surface area (Å²) in [4.78, 5) is 18.8. The van der Waals surface area contributed by atoms with Crippen LogP contribution < -0.4 is 5.32 Å². The standard InChI is InChI=1S/C19H25FN4O4/c1-13-6-7-14(11-15(13)20)21-19(25)24-8-4-3-5-16(24)18-22-17(28-23-18)12-27-10-9-26-2/h6-7,11,16H,3-5,8-10,12H2,1-2H3,(H,21,25). The van der Waals surface area contributed by atoms with Crippen LogP contribution in [-0.2, 0) is 16.1 Å². The zero-order valence-electron chi connectivity index (χ0n) is 16.1. The van der Waals surface area contributed by atoms with E-state index in [1.807, 2.05) is 0 Å². The van der Waals surface area contributed by atoms with Crippen molar-refractivity contribution < 1.29 is 23.2 Å². The molecule has 9 heteroatoms. The maximum atomic E-state index is 13.7. The molecule has 1 atom stereocenters. The first kappa shape index (κ1) is 20.2. The molecule has 0 aliphatic carbocycles. The molecule has 1 fully saturated rings. The minimum atomic E-state index is -0.357. The van der Waals surface area contributed by atoms with Crippen molar-refractivity contribution in [1.82, 2.24) is 15.0 Å². The molecular weight excluding hydrogens is 367 g/mol. The summed E-state index contributed by atoms with van der Waals surface area (Å²) >= 11 is 0. The number of aryl methyl sites for hydroxylation is 1. The normalized spacial score (nSPS) is 17.0. The van der Waals surface area contributed by atoms with Gasteiger partial charge in [0.1, 0.15) is 12.4 Å². The number of ether oxygens (including phenoxy) is 2. The molecule has 1 N–H and O–H groups in total. The number of carbonyl (C=O) groups excluding carboxylic acids is 1. The number of nitrogens with zero attached hydrogens (tertiary/aromatic N) is 3. The first-order valence-electron chi connectivity index (χ1n) is 9.31. The van der Waals surface area contributed by atoms with Crippen LogP contribution in [-0.4, -0.2) is 47.9 Å². The number of rotatable bonds is 7. The van der Waals surface area contributed by atoms with Crippen molar-refractivity contribution in [2.75, 3.05) is 32.2 Å². The van der Waals surface area contributed by atoms with Gasteiger partial charge in [0.15, 0.2) is 5.82 Å². The van der Waals surface area contributed by atoms with E-state index in [9.17, 15) is 9.18 Å². The molecule has 0 radical (unpaired) electrons. The Bertz CT molecular complexity index is 798. The van der Waals surface area contributed by atoms with Crippen LogP contribution in [0.3, 0.4) is 0 Å². The predicted octanol–water partition coefficient (Wildman–Crippen LogP) is 3.44. The number of aromatic nitrogens is 2. The number of halogens is 1. The lowest BCUT2D eigenvalue weighted by Gasteiger charge is -2.33. The van der Waals surface area contributed by atoms with E-state index in [0.717, 1.165) is 19.3 Å². The van der Waals surface area contributed by atoms with Crippen molar-refractivity contribution in [3.8, 4) is 0 Å². The monoisotopic (exact) mass is 392 g/mol. The average Bonchev–Trinajstić information content (AvgIpc) is 3.17. The largest absolute Gasteiger partial charge is 0.382 e. The van der Waals surface area contributed by atoms with Gasteiger partial charge in [-0.1, -0.05) is 11.2 Å². The molecule has 2 aromatic rings. The summed E-state index contributed by atoms with van der Waals surface area (Å²) in [6.07, 6.45) is 2.58. The number of methoxy groups -OCH3 is 1. The summed E-state index contributed by atoms with van der Waals surface area (Å²) in [5, 5.41) is 6.78. The summed E-state index contributed by atoms with van der Waals surface area (Å²) in [7, 11) is 1.60. The SMILES string of the molecule is COCCOCc1nc(C2CCCCN2C(=O)Nc2ccc(C)c(F)c2)no1. The number of benzene rings is 1. The van der Waals surface area contributed by atoms with E-state index in [-0.39, 0.29) is 24.5 Å². The van der Waals surface area contributed by atoms with Gasteiger partial charge in [-0.3, -0.25) is 0 Å². The summed E-state index contributed by atoms with van der Waals surface area (Å²) in [5.41, 5.74) is 0.943. The van der Waals surface area contributed by atoms with E-state index >= 15 is 0 Å². The van der Waals surface area contributed by atoms with Crippen LogP contribution in [0.15, 0.2) is 22.7 Å². The Kier molecular flexibility index (Phi) is 6.94. The number of amides is 2. The summed E-state index contributed by atoms with van der Waals surface area (Å²) in [6.45, 7) is 3.35. The van der Waals surface area contributed by atoms with Gasteiger partial charge < -0.3 is 24.2 Å². The Balaban J connectivity index is 1.65. The lowest BCUT2D eigenvalue weighted by molar-refractivity contribution is 0.0494. The Labute approximate surface area is 163 Å². The van der Waals surface area contributed by atoms with Crippen molar-refractivity contribution in [1.29, 1.82) is 0 Å². The molecule has 1 aliphatic rings. The Morgan fingerprint density at radius 2 is 2.25 bits per heavy atom. The molecule has 1 unspecified atom stereocenters. The molecule has 3 rings (SSSR count). The van der Waals surface area contributed by atoms with Crippen molar-refractivity contribution in [2.45, 2.75) is 38.8 Å². The Hall–Kier alpha value is -2.52. The number of hydrogen-bond donors (Lipinski definition) is 1. The molecule has 1 aliphatic heterocycles. The van der Waals surface area contributed by atoms with E-state index in [0.29, 0.717) is 42.7 Å². The third kappa shape index (κ3) is 5.05. The van der Waals surface area contributed by atoms with Crippen molar-refractivity contribution in [3.05, 3.63) is 41.3 Å². The molecule has 0 spiro atoms. The summed E-state index contributed by atoms with van der Waals surface area (Å²) in [6, 6.07) is 4.03. The van der Waals surface area contributed by atoms with Gasteiger partial charge in [0.25, 0.3) is 5.89 Å². The zero-order valence-corrected chi connectivity index (χ0v) is 16.1. The second kappa shape index (κ2) is 9.61. The number of urea groups is 1. The van der Waals surface area contributed by atoms with E-state index in [2.05, 4.69) is 15.5 Å². The van der Waals surface area contributed by atoms with Gasteiger partial charge in [0.05, 0.1) is 19.3 Å². The lowest BCUT2D eigenvalue weighted by atomic mass is 10.0. The van der Waals surface area contributed by atoms with Crippen LogP contribution in [0.4, 0.5) is 14.9 Å². The van der Waals surface area contributed by atoms with E-state index in [1.165, 1.54) is 6.07 Å². The molecule has 28 heavy (non-hydrogen) atoms. The van der Waals surface area contributed by atoms with E-state index in [4.69, 9.17) is 14.0 Å². The topological polar surface area (TPSA) is 89.7 Å². The van der Waals surface area contributed by atoms with Crippen LogP contribution >= 0.6 is 0 Å². The molecule has 1 saturated heterocycles. The second-order valence-corrected chi connectivity index (χ2v) is 6.69. The highest BCUT2D eigenvalue weighted by atomic mass is 19.1. The fourth-order valence-corrected chi connectivity index (χ4v) is 3.07. The van der Waals surface area contributed by atoms with Crippen molar-refractivity contribution >= 4 is 11.7 Å². The van der Waals surface area contributed by atoms with Gasteiger partial charge >= 0.3 is 6.03 Å². The maximum absolute atomic E-state index is 13.7. The van der Waals surface area contributed by atoms with Gasteiger partial charge in [0, 0.05) is 19.3 Å². The van der Waals surface area contributed by atoms with E-state index in [1.54, 1.807) is 31.1 Å². The van der Waals surface area contributed by atoms with Crippen molar-refractivity contribution in [2.24, 2.45) is 0 Å². The second-order valence-electron chi connectivity index (χ2n) is 6.69. The van der Waals surface area contributed by atoms with Gasteiger partial charge in [-0.15, -0.1) is 0 Å². The quantitative estimate of drug-likeness (QED) is 0.726. The molecule has 0 bridgehead atoms. The molecule has 1 aromatic carbocycles. The van der Waals surface area contributed by atoms with Crippen LogP contribution in [0.25, 0.3) is 0 Å². The Morgan fingerprint density at radius 1 is 1.39 bits per heavy atom. The number of hydrogen-bond acceptors (Lipinski definition) is 6. The molecule has 1 aromatic heterocycles. The maximum Gasteiger partial charge on any atom is 0.322 e. The van der Waals surface area contributed by atoms with Gasteiger partial charge in [-0.25, -0.2) is 9.18 Å². The minimum Gasteiger partial charge on any atom is -0.382 e. The van der Waals surface area contributed by atoms with Crippen LogP contribution in [0.5, 0.6) is 0 Å². The third-order valence-electron chi connectivity index (χ3n) is 4.63. The molecule has 2 heterocycles. The minimum absolute atomic E-state index is 0.192. The number of carbonyl (C=O) groups is 1. The zero-order chi connectivity index (χ0) is 19.9. The number of likely N-dealkylation sites (tertiary alicyclic amines) is 1. The highest BCUT2D eigenvalue weighted by molar-refractivity contribution is 5.89. The van der Waals surface area contributed by atoms with E-state index < -0.39 is 0 Å². The van der Waals surface area contributed by atoms with Crippen LogP contribution in [0.2, 0.25) is 0 Å². The fourth-order valence-electron chi connectivity index (χ4n) is 3.07. The predicted molar refractivity (Wildman–Crippen MR) is 99.3 cm³/mol. The smallest absolute Gasteiger partial charge is 0.322 e. The average molecular weight is 392 g/mol. The summed E-state index contributed by atoms with van der Waals surface area (Å²) < 4.78 is 29.3. The van der Waals surface area contributed by atoms with Crippen molar-refractivity contribution in [3.63, 3.8) is 0 Å². The third-order valence-corrected chi connectivity index (χ3v) is 4.63. The number of anilines is 1. The van der Waals surface area contributed by atoms with Gasteiger partial charge in [0.2, 0.25) is 0 Å². The fraction of sp³-hybridized carbons (Fsp3) is 0.526. The summed E-state index contributed by atoms with van der Waals surface area (Å²) in [5.74, 6) is 0.456. The first-order valence-corrected chi connectivity index (χ1v) is 9.31. The lowest BCUT2D eigenvalue weighted by Crippen LogP contribution is -2.41. The molecule has 152 valence electrons. The Morgan fingerprint density at radius 3 is 3.04 bits per heavy atom. The molecule has 2 amide bonds. The van der Waals surface area contributed by atoms with Gasteiger partial charge in [-0.2, -0.15) is 4.98 Å². The van der Waals surface area contributed by atoms with Gasteiger partial charge in [-0.05, 0) is 43.9 Å².